The van der Waals surface area contributed by atoms with Gasteiger partial charge in [-0.3, -0.25) is 4.79 Å². The molecule has 1 aromatic heterocycles. The molecule has 0 radical (unpaired) electrons. The molecule has 1 amide bonds. The Balaban J connectivity index is 1.63. The first-order chi connectivity index (χ1) is 13.0. The van der Waals surface area contributed by atoms with E-state index < -0.39 is 10.0 Å². The van der Waals surface area contributed by atoms with Crippen LogP contribution in [0.5, 0.6) is 0 Å². The smallest absolute Gasteiger partial charge is 0.251 e. The van der Waals surface area contributed by atoms with Gasteiger partial charge < -0.3 is 9.88 Å². The van der Waals surface area contributed by atoms with Crippen molar-refractivity contribution in [3.8, 4) is 0 Å². The molecule has 1 N–H and O–H groups in total. The summed E-state index contributed by atoms with van der Waals surface area (Å²) in [5.74, 6) is -0.260. The van der Waals surface area contributed by atoms with E-state index in [1.165, 1.54) is 6.07 Å². The number of carbonyl (C=O) groups is 1. The number of nitrogens with one attached hydrogen (secondary N) is 1. The number of piperidine rings is 1. The highest BCUT2D eigenvalue weighted by molar-refractivity contribution is 7.89. The first-order valence-corrected chi connectivity index (χ1v) is 10.8. The van der Waals surface area contributed by atoms with Crippen LogP contribution in [0.3, 0.4) is 0 Å². The minimum atomic E-state index is -3.58. The Morgan fingerprint density at radius 2 is 2.19 bits per heavy atom. The summed E-state index contributed by atoms with van der Waals surface area (Å²) in [6.07, 6.45) is 8.89. The SMILES string of the molecule is CC1CCCCN1S(=O)(=O)c1cccc(C(=O)NCCCn2ccnc2)c1. The van der Waals surface area contributed by atoms with E-state index in [0.717, 1.165) is 32.2 Å². The van der Waals surface area contributed by atoms with Gasteiger partial charge in [0, 0.05) is 43.6 Å². The average Bonchev–Trinajstić information content (AvgIpc) is 3.19. The predicted molar refractivity (Wildman–Crippen MR) is 103 cm³/mol. The molecule has 1 atom stereocenters. The first-order valence-electron chi connectivity index (χ1n) is 9.34. The third-order valence-corrected chi connectivity index (χ3v) is 6.89. The molecule has 8 heteroatoms. The summed E-state index contributed by atoms with van der Waals surface area (Å²) >= 11 is 0. The number of nitrogens with zero attached hydrogens (tertiary/aromatic N) is 3. The predicted octanol–water partition coefficient (Wildman–Crippen LogP) is 2.27. The fourth-order valence-electron chi connectivity index (χ4n) is 3.35. The number of hydrogen-bond acceptors (Lipinski definition) is 4. The second kappa shape index (κ2) is 8.67. The summed E-state index contributed by atoms with van der Waals surface area (Å²) in [5, 5.41) is 2.85. The van der Waals surface area contributed by atoms with E-state index in [1.807, 2.05) is 17.7 Å². The molecule has 27 heavy (non-hydrogen) atoms. The van der Waals surface area contributed by atoms with Gasteiger partial charge >= 0.3 is 0 Å². The van der Waals surface area contributed by atoms with E-state index in [2.05, 4.69) is 10.3 Å². The molecule has 1 aliphatic rings. The van der Waals surface area contributed by atoms with Gasteiger partial charge in [-0.15, -0.1) is 0 Å². The number of carbonyl (C=O) groups excluding carboxylic acids is 1. The van der Waals surface area contributed by atoms with Crippen molar-refractivity contribution < 1.29 is 13.2 Å². The van der Waals surface area contributed by atoms with Gasteiger partial charge in [0.2, 0.25) is 10.0 Å². The highest BCUT2D eigenvalue weighted by atomic mass is 32.2. The topological polar surface area (TPSA) is 84.3 Å². The number of amides is 1. The molecule has 1 aromatic carbocycles. The normalized spacial score (nSPS) is 18.3. The van der Waals surface area contributed by atoms with E-state index in [-0.39, 0.29) is 16.8 Å². The molecule has 0 aliphatic carbocycles. The maximum Gasteiger partial charge on any atom is 0.251 e. The van der Waals surface area contributed by atoms with Crippen molar-refractivity contribution in [2.75, 3.05) is 13.1 Å². The Labute approximate surface area is 160 Å². The first kappa shape index (κ1) is 19.6. The number of aryl methyl sites for hydroxylation is 1. The Morgan fingerprint density at radius 3 is 2.93 bits per heavy atom. The van der Waals surface area contributed by atoms with E-state index in [1.54, 1.807) is 35.0 Å². The van der Waals surface area contributed by atoms with Crippen molar-refractivity contribution in [2.45, 2.75) is 50.1 Å². The van der Waals surface area contributed by atoms with Crippen molar-refractivity contribution in [2.24, 2.45) is 0 Å². The van der Waals surface area contributed by atoms with Crippen LogP contribution in [0.2, 0.25) is 0 Å². The molecule has 1 saturated heterocycles. The zero-order chi connectivity index (χ0) is 19.3. The van der Waals surface area contributed by atoms with Gasteiger partial charge in [-0.25, -0.2) is 13.4 Å². The van der Waals surface area contributed by atoms with Gasteiger partial charge in [-0.2, -0.15) is 4.31 Å². The fraction of sp³-hybridized carbons (Fsp3) is 0.474. The number of rotatable bonds is 7. The quantitative estimate of drug-likeness (QED) is 0.735. The van der Waals surface area contributed by atoms with E-state index in [4.69, 9.17) is 0 Å². The largest absolute Gasteiger partial charge is 0.352 e. The highest BCUT2D eigenvalue weighted by Gasteiger charge is 2.31. The van der Waals surface area contributed by atoms with Crippen LogP contribution in [0.1, 0.15) is 43.0 Å². The standard InChI is InChI=1S/C19H26N4O3S/c1-16-6-2-3-12-23(16)27(25,26)18-8-4-7-17(14-18)19(24)21-9-5-11-22-13-10-20-15-22/h4,7-8,10,13-16H,2-3,5-6,9,11-12H2,1H3,(H,21,24). The van der Waals surface area contributed by atoms with Crippen LogP contribution in [-0.4, -0.2) is 47.3 Å². The highest BCUT2D eigenvalue weighted by Crippen LogP contribution is 2.25. The van der Waals surface area contributed by atoms with Crippen molar-refractivity contribution >= 4 is 15.9 Å². The molecule has 146 valence electrons. The monoisotopic (exact) mass is 390 g/mol. The number of aromatic nitrogens is 2. The minimum Gasteiger partial charge on any atom is -0.352 e. The Bertz CT molecular complexity index is 865. The average molecular weight is 391 g/mol. The lowest BCUT2D eigenvalue weighted by Gasteiger charge is -2.32. The van der Waals surface area contributed by atoms with Crippen LogP contribution in [0.15, 0.2) is 47.9 Å². The van der Waals surface area contributed by atoms with Gasteiger partial charge in [0.1, 0.15) is 0 Å². The lowest BCUT2D eigenvalue weighted by Crippen LogP contribution is -2.42. The fourth-order valence-corrected chi connectivity index (χ4v) is 5.09. The molecule has 7 nitrogen and oxygen atoms in total. The second-order valence-electron chi connectivity index (χ2n) is 6.90. The van der Waals surface area contributed by atoms with Crippen LogP contribution in [0.4, 0.5) is 0 Å². The molecule has 0 saturated carbocycles. The summed E-state index contributed by atoms with van der Waals surface area (Å²) in [6, 6.07) is 6.30. The Kier molecular flexibility index (Phi) is 6.28. The summed E-state index contributed by atoms with van der Waals surface area (Å²) in [6.45, 7) is 3.75. The number of sulfonamides is 1. The zero-order valence-corrected chi connectivity index (χ0v) is 16.4. The summed E-state index contributed by atoms with van der Waals surface area (Å²) in [7, 11) is -3.58. The third-order valence-electron chi connectivity index (χ3n) is 4.88. The molecule has 1 unspecified atom stereocenters. The van der Waals surface area contributed by atoms with Gasteiger partial charge in [-0.1, -0.05) is 12.5 Å². The van der Waals surface area contributed by atoms with Crippen LogP contribution in [-0.2, 0) is 16.6 Å². The molecule has 2 aromatic rings. The lowest BCUT2D eigenvalue weighted by molar-refractivity contribution is 0.0952. The minimum absolute atomic E-state index is 0.00981. The molecule has 0 bridgehead atoms. The maximum absolute atomic E-state index is 12.9. The molecular weight excluding hydrogens is 364 g/mol. The molecule has 2 heterocycles. The van der Waals surface area contributed by atoms with Crippen molar-refractivity contribution in [1.29, 1.82) is 0 Å². The molecule has 1 aliphatic heterocycles. The molecular formula is C19H26N4O3S. The second-order valence-corrected chi connectivity index (χ2v) is 8.79. The molecule has 3 rings (SSSR count). The van der Waals surface area contributed by atoms with E-state index in [9.17, 15) is 13.2 Å². The zero-order valence-electron chi connectivity index (χ0n) is 15.5. The van der Waals surface area contributed by atoms with E-state index >= 15 is 0 Å². The summed E-state index contributed by atoms with van der Waals surface area (Å²) in [4.78, 5) is 16.5. The summed E-state index contributed by atoms with van der Waals surface area (Å²) < 4.78 is 29.4. The lowest BCUT2D eigenvalue weighted by atomic mass is 10.1. The number of hydrogen-bond donors (Lipinski definition) is 1. The molecule has 1 fully saturated rings. The number of benzene rings is 1. The van der Waals surface area contributed by atoms with Crippen LogP contribution in [0, 0.1) is 0 Å². The number of imidazole rings is 1. The Morgan fingerprint density at radius 1 is 1.33 bits per heavy atom. The third kappa shape index (κ3) is 4.75. The van der Waals surface area contributed by atoms with Crippen LogP contribution >= 0.6 is 0 Å². The van der Waals surface area contributed by atoms with Crippen LogP contribution in [0.25, 0.3) is 0 Å². The van der Waals surface area contributed by atoms with Crippen molar-refractivity contribution in [3.63, 3.8) is 0 Å². The van der Waals surface area contributed by atoms with Crippen LogP contribution < -0.4 is 5.32 Å². The molecule has 0 spiro atoms. The van der Waals surface area contributed by atoms with Crippen molar-refractivity contribution in [1.82, 2.24) is 19.2 Å². The summed E-state index contributed by atoms with van der Waals surface area (Å²) in [5.41, 5.74) is 0.364. The van der Waals surface area contributed by atoms with Gasteiger partial charge in [0.15, 0.2) is 0 Å². The Hall–Kier alpha value is -2.19. The van der Waals surface area contributed by atoms with E-state index in [0.29, 0.717) is 18.7 Å². The maximum atomic E-state index is 12.9. The van der Waals surface area contributed by atoms with Gasteiger partial charge in [0.25, 0.3) is 5.91 Å². The van der Waals surface area contributed by atoms with Gasteiger partial charge in [-0.05, 0) is 44.4 Å². The van der Waals surface area contributed by atoms with Crippen molar-refractivity contribution in [3.05, 3.63) is 48.5 Å². The van der Waals surface area contributed by atoms with Gasteiger partial charge in [0.05, 0.1) is 11.2 Å².